The largest absolute Gasteiger partial charge is 0.322 e. The molecule has 0 radical (unpaired) electrons. The summed E-state index contributed by atoms with van der Waals surface area (Å²) in [7, 11) is 0. The maximum Gasteiger partial charge on any atom is 0.159 e. The number of nitrogens with zero attached hydrogens (tertiary/aromatic N) is 1. The van der Waals surface area contributed by atoms with E-state index in [-0.39, 0.29) is 11.6 Å². The molecule has 2 rings (SSSR count). The normalized spacial score (nSPS) is 19.2. The number of nitrogens with two attached hydrogens (primary N) is 1. The van der Waals surface area contributed by atoms with Crippen LogP contribution in [0.4, 0.5) is 8.78 Å². The Kier molecular flexibility index (Phi) is 3.69. The lowest BCUT2D eigenvalue weighted by molar-refractivity contribution is 0.124. The molecule has 1 saturated heterocycles. The lowest BCUT2D eigenvalue weighted by Crippen LogP contribution is -2.49. The van der Waals surface area contributed by atoms with Crippen molar-refractivity contribution in [3.8, 4) is 0 Å². The fourth-order valence-electron chi connectivity index (χ4n) is 2.60. The highest BCUT2D eigenvalue weighted by atomic mass is 19.2. The van der Waals surface area contributed by atoms with Gasteiger partial charge in [0.05, 0.1) is 0 Å². The van der Waals surface area contributed by atoms with Crippen LogP contribution >= 0.6 is 0 Å². The van der Waals surface area contributed by atoms with Gasteiger partial charge in [-0.15, -0.1) is 0 Å². The molecule has 2 nitrogen and oxygen atoms in total. The third-order valence-corrected chi connectivity index (χ3v) is 3.98. The van der Waals surface area contributed by atoms with Gasteiger partial charge in [0.25, 0.3) is 0 Å². The van der Waals surface area contributed by atoms with Gasteiger partial charge in [0.2, 0.25) is 0 Å². The van der Waals surface area contributed by atoms with Crippen molar-refractivity contribution >= 4 is 0 Å². The van der Waals surface area contributed by atoms with Crippen molar-refractivity contribution in [2.75, 3.05) is 13.1 Å². The van der Waals surface area contributed by atoms with Crippen molar-refractivity contribution < 1.29 is 8.78 Å². The van der Waals surface area contributed by atoms with Gasteiger partial charge in [-0.25, -0.2) is 8.78 Å². The maximum absolute atomic E-state index is 13.3. The standard InChI is InChI=1S/C14H20F2N2/c1-14(2,18-7-3-4-8-18)13(17)10-5-6-11(15)12(16)9-10/h5-6,9,13H,3-4,7-8,17H2,1-2H3. The van der Waals surface area contributed by atoms with E-state index in [4.69, 9.17) is 5.73 Å². The van der Waals surface area contributed by atoms with E-state index in [1.807, 2.05) is 0 Å². The highest BCUT2D eigenvalue weighted by Gasteiger charge is 2.35. The van der Waals surface area contributed by atoms with Crippen molar-refractivity contribution in [2.24, 2.45) is 5.73 Å². The van der Waals surface area contributed by atoms with Crippen LogP contribution in [0, 0.1) is 11.6 Å². The first-order chi connectivity index (χ1) is 8.43. The van der Waals surface area contributed by atoms with Crippen LogP contribution in [0.25, 0.3) is 0 Å². The minimum Gasteiger partial charge on any atom is -0.322 e. The molecule has 0 aliphatic carbocycles. The first kappa shape index (κ1) is 13.4. The average Bonchev–Trinajstić information content (AvgIpc) is 2.86. The number of benzene rings is 1. The first-order valence-electron chi connectivity index (χ1n) is 6.38. The number of rotatable bonds is 3. The maximum atomic E-state index is 13.3. The molecular weight excluding hydrogens is 234 g/mol. The van der Waals surface area contributed by atoms with Crippen LogP contribution in [0.2, 0.25) is 0 Å². The minimum atomic E-state index is -0.833. The Morgan fingerprint density at radius 3 is 2.33 bits per heavy atom. The van der Waals surface area contributed by atoms with Gasteiger partial charge in [-0.1, -0.05) is 6.07 Å². The molecule has 0 spiro atoms. The molecule has 100 valence electrons. The summed E-state index contributed by atoms with van der Waals surface area (Å²) in [6.07, 6.45) is 2.35. The van der Waals surface area contributed by atoms with E-state index in [2.05, 4.69) is 18.7 Å². The second-order valence-corrected chi connectivity index (χ2v) is 5.50. The van der Waals surface area contributed by atoms with Crippen molar-refractivity contribution in [3.63, 3.8) is 0 Å². The van der Waals surface area contributed by atoms with Crippen LogP contribution in [0.3, 0.4) is 0 Å². The molecule has 0 aromatic heterocycles. The van der Waals surface area contributed by atoms with Gasteiger partial charge in [0.15, 0.2) is 11.6 Å². The quantitative estimate of drug-likeness (QED) is 0.898. The summed E-state index contributed by atoms with van der Waals surface area (Å²) in [5.74, 6) is -1.66. The lowest BCUT2D eigenvalue weighted by Gasteiger charge is -2.40. The predicted molar refractivity (Wildman–Crippen MR) is 68.2 cm³/mol. The zero-order chi connectivity index (χ0) is 13.3. The van der Waals surface area contributed by atoms with Crippen LogP contribution in [0.1, 0.15) is 38.3 Å². The topological polar surface area (TPSA) is 29.3 Å². The highest BCUT2D eigenvalue weighted by Crippen LogP contribution is 2.32. The van der Waals surface area contributed by atoms with Crippen molar-refractivity contribution in [3.05, 3.63) is 35.4 Å². The van der Waals surface area contributed by atoms with Crippen molar-refractivity contribution in [1.82, 2.24) is 4.90 Å². The fraction of sp³-hybridized carbons (Fsp3) is 0.571. The second kappa shape index (κ2) is 4.94. The number of halogens is 2. The molecule has 1 aliphatic heterocycles. The van der Waals surface area contributed by atoms with Gasteiger partial charge in [0.1, 0.15) is 0 Å². The molecule has 1 heterocycles. The second-order valence-electron chi connectivity index (χ2n) is 5.50. The number of likely N-dealkylation sites (tertiary alicyclic amines) is 1. The summed E-state index contributed by atoms with van der Waals surface area (Å²) < 4.78 is 26.2. The third-order valence-electron chi connectivity index (χ3n) is 3.98. The molecule has 0 amide bonds. The van der Waals surface area contributed by atoms with Crippen LogP contribution < -0.4 is 5.73 Å². The molecule has 1 aliphatic rings. The monoisotopic (exact) mass is 254 g/mol. The van der Waals surface area contributed by atoms with Gasteiger partial charge in [-0.3, -0.25) is 4.90 Å². The Bertz CT molecular complexity index is 426. The van der Waals surface area contributed by atoms with Gasteiger partial charge in [-0.05, 0) is 57.5 Å². The highest BCUT2D eigenvalue weighted by molar-refractivity contribution is 5.24. The molecule has 1 unspecified atom stereocenters. The minimum absolute atomic E-state index is 0.249. The van der Waals surface area contributed by atoms with E-state index in [9.17, 15) is 8.78 Å². The predicted octanol–water partition coefficient (Wildman–Crippen LogP) is 2.84. The first-order valence-corrected chi connectivity index (χ1v) is 6.38. The van der Waals surface area contributed by atoms with Crippen LogP contribution in [-0.2, 0) is 0 Å². The Hall–Kier alpha value is -1.00. The van der Waals surface area contributed by atoms with E-state index in [0.29, 0.717) is 5.56 Å². The molecule has 1 aromatic rings. The molecule has 1 atom stereocenters. The molecule has 1 aromatic carbocycles. The third kappa shape index (κ3) is 2.40. The van der Waals surface area contributed by atoms with Crippen LogP contribution in [0.15, 0.2) is 18.2 Å². The zero-order valence-corrected chi connectivity index (χ0v) is 10.9. The fourth-order valence-corrected chi connectivity index (χ4v) is 2.60. The number of hydrogen-bond acceptors (Lipinski definition) is 2. The SMILES string of the molecule is CC(C)(C(N)c1ccc(F)c(F)c1)N1CCCC1. The molecular formula is C14H20F2N2. The average molecular weight is 254 g/mol. The zero-order valence-electron chi connectivity index (χ0n) is 10.9. The van der Waals surface area contributed by atoms with Crippen molar-refractivity contribution in [1.29, 1.82) is 0 Å². The number of hydrogen-bond donors (Lipinski definition) is 1. The van der Waals surface area contributed by atoms with Gasteiger partial charge < -0.3 is 5.73 Å². The smallest absolute Gasteiger partial charge is 0.159 e. The Morgan fingerprint density at radius 1 is 1.17 bits per heavy atom. The van der Waals surface area contributed by atoms with Crippen LogP contribution in [0.5, 0.6) is 0 Å². The molecule has 1 fully saturated rings. The Morgan fingerprint density at radius 2 is 1.78 bits per heavy atom. The summed E-state index contributed by atoms with van der Waals surface area (Å²) in [6, 6.07) is 3.59. The molecule has 0 saturated carbocycles. The van der Waals surface area contributed by atoms with E-state index in [1.54, 1.807) is 6.07 Å². The molecule has 2 N–H and O–H groups in total. The Labute approximate surface area is 107 Å². The van der Waals surface area contributed by atoms with Crippen molar-refractivity contribution in [2.45, 2.75) is 38.3 Å². The van der Waals surface area contributed by atoms with E-state index >= 15 is 0 Å². The van der Waals surface area contributed by atoms with Gasteiger partial charge in [0, 0.05) is 11.6 Å². The van der Waals surface area contributed by atoms with E-state index in [0.717, 1.165) is 19.2 Å². The van der Waals surface area contributed by atoms with Gasteiger partial charge >= 0.3 is 0 Å². The summed E-state index contributed by atoms with van der Waals surface area (Å²) in [5, 5.41) is 0. The molecule has 4 heteroatoms. The van der Waals surface area contributed by atoms with Crippen LogP contribution in [-0.4, -0.2) is 23.5 Å². The molecule has 0 bridgehead atoms. The van der Waals surface area contributed by atoms with E-state index in [1.165, 1.54) is 18.9 Å². The summed E-state index contributed by atoms with van der Waals surface area (Å²) >= 11 is 0. The lowest BCUT2D eigenvalue weighted by atomic mass is 9.88. The summed E-state index contributed by atoms with van der Waals surface area (Å²) in [6.45, 7) is 6.16. The Balaban J connectivity index is 2.23. The van der Waals surface area contributed by atoms with E-state index < -0.39 is 11.6 Å². The van der Waals surface area contributed by atoms with Gasteiger partial charge in [-0.2, -0.15) is 0 Å². The summed E-state index contributed by atoms with van der Waals surface area (Å²) in [4.78, 5) is 2.32. The summed E-state index contributed by atoms with van der Waals surface area (Å²) in [5.41, 5.74) is 6.64. The molecule has 18 heavy (non-hydrogen) atoms.